The molecule has 1 rings (SSSR count). The van der Waals surface area contributed by atoms with Gasteiger partial charge >= 0.3 is 5.97 Å². The van der Waals surface area contributed by atoms with Crippen molar-refractivity contribution in [3.05, 3.63) is 0 Å². The Hall–Kier alpha value is -3.75. The first-order chi connectivity index (χ1) is 16.0. The molecule has 3 atom stereocenters. The highest BCUT2D eigenvalue weighted by molar-refractivity contribution is 5.94. The van der Waals surface area contributed by atoms with E-state index in [4.69, 9.17) is 17.2 Å². The number of hydrogen-bond donors (Lipinski definition) is 7. The molecule has 0 saturated carbocycles. The fourth-order valence-corrected chi connectivity index (χ4v) is 3.36. The van der Waals surface area contributed by atoms with E-state index >= 15 is 0 Å². The molecule has 15 nitrogen and oxygen atoms in total. The Morgan fingerprint density at radius 2 is 1.53 bits per heavy atom. The number of likely N-dealkylation sites (tertiary alicyclic amines) is 1. The van der Waals surface area contributed by atoms with Gasteiger partial charge in [0, 0.05) is 19.4 Å². The first-order valence-electron chi connectivity index (χ1n) is 10.6. The van der Waals surface area contributed by atoms with E-state index in [0.29, 0.717) is 19.4 Å². The lowest BCUT2D eigenvalue weighted by Crippen LogP contribution is -2.54. The fourth-order valence-electron chi connectivity index (χ4n) is 3.36. The number of aliphatic carboxylic acids is 1. The van der Waals surface area contributed by atoms with E-state index in [9.17, 15) is 38.7 Å². The topological polar surface area (TPSA) is 257 Å². The van der Waals surface area contributed by atoms with Crippen LogP contribution in [-0.2, 0) is 33.6 Å². The highest BCUT2D eigenvalue weighted by Gasteiger charge is 2.33. The van der Waals surface area contributed by atoms with Gasteiger partial charge in [-0.15, -0.1) is 0 Å². The Morgan fingerprint density at radius 1 is 0.941 bits per heavy atom. The predicted octanol–water partition coefficient (Wildman–Crippen LogP) is -4.36. The third kappa shape index (κ3) is 9.40. The third-order valence-corrected chi connectivity index (χ3v) is 5.10. The molecule has 10 N–H and O–H groups in total. The van der Waals surface area contributed by atoms with E-state index in [1.54, 1.807) is 0 Å². The molecule has 3 unspecified atom stereocenters. The number of carboxylic acids is 1. The van der Waals surface area contributed by atoms with Gasteiger partial charge in [0.05, 0.1) is 13.1 Å². The van der Waals surface area contributed by atoms with Crippen LogP contribution in [0.5, 0.6) is 0 Å². The van der Waals surface area contributed by atoms with E-state index in [1.807, 2.05) is 0 Å². The molecule has 0 aromatic rings. The van der Waals surface area contributed by atoms with Crippen molar-refractivity contribution in [1.82, 2.24) is 20.9 Å². The minimum Gasteiger partial charge on any atom is -0.480 e. The van der Waals surface area contributed by atoms with Gasteiger partial charge in [0.1, 0.15) is 18.1 Å². The maximum atomic E-state index is 12.5. The molecule has 34 heavy (non-hydrogen) atoms. The van der Waals surface area contributed by atoms with Gasteiger partial charge in [0.2, 0.25) is 35.4 Å². The van der Waals surface area contributed by atoms with Gasteiger partial charge in [-0.05, 0) is 25.7 Å². The van der Waals surface area contributed by atoms with Gasteiger partial charge in [-0.3, -0.25) is 28.8 Å². The van der Waals surface area contributed by atoms with Crippen LogP contribution in [0.25, 0.3) is 0 Å². The molecule has 0 radical (unpaired) electrons. The Balaban J connectivity index is 2.73. The summed E-state index contributed by atoms with van der Waals surface area (Å²) >= 11 is 0. The Labute approximate surface area is 195 Å². The molecule has 1 fully saturated rings. The van der Waals surface area contributed by atoms with E-state index < -0.39 is 66.1 Å². The molecule has 1 aliphatic rings. The molecule has 0 aromatic carbocycles. The highest BCUT2D eigenvalue weighted by atomic mass is 16.4. The van der Waals surface area contributed by atoms with Gasteiger partial charge < -0.3 is 43.2 Å². The second kappa shape index (κ2) is 13.7. The SMILES string of the molecule is NCC(=O)N1CCCC1C(=O)NCC(=O)NC(CCC(N)=O)C(=O)NC(CCC(N)=O)C(=O)O. The number of nitrogens with two attached hydrogens (primary N) is 3. The monoisotopic (exact) mass is 485 g/mol. The summed E-state index contributed by atoms with van der Waals surface area (Å²) in [4.78, 5) is 83.8. The Kier molecular flexibility index (Phi) is 11.4. The Bertz CT molecular complexity index is 818. The predicted molar refractivity (Wildman–Crippen MR) is 115 cm³/mol. The second-order valence-electron chi connectivity index (χ2n) is 7.70. The van der Waals surface area contributed by atoms with Crippen LogP contribution < -0.4 is 33.2 Å². The fraction of sp³-hybridized carbons (Fsp3) is 0.632. The van der Waals surface area contributed by atoms with Crippen LogP contribution in [0.15, 0.2) is 0 Å². The average molecular weight is 485 g/mol. The van der Waals surface area contributed by atoms with Gasteiger partial charge in [-0.25, -0.2) is 4.79 Å². The smallest absolute Gasteiger partial charge is 0.326 e. The zero-order chi connectivity index (χ0) is 25.8. The van der Waals surface area contributed by atoms with E-state index in [0.717, 1.165) is 0 Å². The molecule has 1 saturated heterocycles. The van der Waals surface area contributed by atoms with Crippen LogP contribution in [0.2, 0.25) is 0 Å². The molecular weight excluding hydrogens is 454 g/mol. The lowest BCUT2D eigenvalue weighted by molar-refractivity contribution is -0.142. The number of carbonyl (C=O) groups excluding carboxylic acids is 6. The largest absolute Gasteiger partial charge is 0.480 e. The number of hydrogen-bond acceptors (Lipinski definition) is 8. The minimum absolute atomic E-state index is 0.232. The van der Waals surface area contributed by atoms with Crippen molar-refractivity contribution < 1.29 is 38.7 Å². The van der Waals surface area contributed by atoms with Crippen LogP contribution in [0.3, 0.4) is 0 Å². The van der Waals surface area contributed by atoms with Crippen molar-refractivity contribution in [2.75, 3.05) is 19.6 Å². The molecule has 0 aliphatic carbocycles. The van der Waals surface area contributed by atoms with Crippen LogP contribution in [0.4, 0.5) is 0 Å². The average Bonchev–Trinajstić information content (AvgIpc) is 3.26. The maximum absolute atomic E-state index is 12.5. The van der Waals surface area contributed by atoms with Crippen molar-refractivity contribution in [3.63, 3.8) is 0 Å². The molecule has 6 amide bonds. The Morgan fingerprint density at radius 3 is 2.06 bits per heavy atom. The molecule has 15 heteroatoms. The quantitative estimate of drug-likeness (QED) is 0.125. The van der Waals surface area contributed by atoms with Crippen molar-refractivity contribution in [2.45, 2.75) is 56.7 Å². The minimum atomic E-state index is -1.46. The van der Waals surface area contributed by atoms with Gasteiger partial charge in [0.15, 0.2) is 0 Å². The summed E-state index contributed by atoms with van der Waals surface area (Å²) in [7, 11) is 0. The number of rotatable bonds is 14. The lowest BCUT2D eigenvalue weighted by Gasteiger charge is -2.24. The maximum Gasteiger partial charge on any atom is 0.326 e. The van der Waals surface area contributed by atoms with E-state index in [1.165, 1.54) is 4.90 Å². The van der Waals surface area contributed by atoms with Crippen LogP contribution in [-0.4, -0.2) is 89.2 Å². The normalized spacial score (nSPS) is 16.7. The summed E-state index contributed by atoms with van der Waals surface area (Å²) in [6, 6.07) is -3.56. The third-order valence-electron chi connectivity index (χ3n) is 5.10. The van der Waals surface area contributed by atoms with Gasteiger partial charge in [0.25, 0.3) is 0 Å². The van der Waals surface area contributed by atoms with Crippen LogP contribution in [0.1, 0.15) is 38.5 Å². The zero-order valence-electron chi connectivity index (χ0n) is 18.6. The molecule has 0 aromatic heterocycles. The number of nitrogens with one attached hydrogen (secondary N) is 3. The van der Waals surface area contributed by atoms with Crippen LogP contribution >= 0.6 is 0 Å². The summed E-state index contributed by atoms with van der Waals surface area (Å²) in [5.74, 6) is -5.61. The number of carbonyl (C=O) groups is 7. The zero-order valence-corrected chi connectivity index (χ0v) is 18.6. The molecule has 190 valence electrons. The lowest BCUT2D eigenvalue weighted by atomic mass is 10.1. The van der Waals surface area contributed by atoms with Crippen molar-refractivity contribution in [2.24, 2.45) is 17.2 Å². The molecule has 0 bridgehead atoms. The highest BCUT2D eigenvalue weighted by Crippen LogP contribution is 2.17. The van der Waals surface area contributed by atoms with Gasteiger partial charge in [-0.1, -0.05) is 0 Å². The van der Waals surface area contributed by atoms with Crippen molar-refractivity contribution in [1.29, 1.82) is 0 Å². The number of carboxylic acid groups (broad SMARTS) is 1. The van der Waals surface area contributed by atoms with Crippen molar-refractivity contribution >= 4 is 41.4 Å². The first kappa shape index (κ1) is 28.3. The van der Waals surface area contributed by atoms with Gasteiger partial charge in [-0.2, -0.15) is 0 Å². The molecule has 0 spiro atoms. The van der Waals surface area contributed by atoms with E-state index in [2.05, 4.69) is 16.0 Å². The second-order valence-corrected chi connectivity index (χ2v) is 7.70. The standard InChI is InChI=1S/C19H31N7O8/c20-8-16(30)26-7-1-2-12(26)18(32)23-9-15(29)24-10(3-5-13(21)27)17(31)25-11(19(33)34)4-6-14(22)28/h10-12H,1-9,20H2,(H2,21,27)(H2,22,28)(H,23,32)(H,24,29)(H,25,31)(H,33,34). The number of amides is 6. The van der Waals surface area contributed by atoms with Crippen LogP contribution in [0, 0.1) is 0 Å². The van der Waals surface area contributed by atoms with E-state index in [-0.39, 0.29) is 32.2 Å². The first-order valence-corrected chi connectivity index (χ1v) is 10.6. The molecular formula is C19H31N7O8. The summed E-state index contributed by atoms with van der Waals surface area (Å²) in [5.41, 5.74) is 15.4. The van der Waals surface area contributed by atoms with Crippen molar-refractivity contribution in [3.8, 4) is 0 Å². The summed E-state index contributed by atoms with van der Waals surface area (Å²) < 4.78 is 0. The number of primary amides is 2. The number of nitrogens with zero attached hydrogens (tertiary/aromatic N) is 1. The summed E-state index contributed by atoms with van der Waals surface area (Å²) in [5, 5.41) is 16.1. The summed E-state index contributed by atoms with van der Waals surface area (Å²) in [6.45, 7) is -0.418. The summed E-state index contributed by atoms with van der Waals surface area (Å²) in [6.07, 6.45) is -0.0855. The molecule has 1 aliphatic heterocycles. The molecule has 1 heterocycles.